The first kappa shape index (κ1) is 40.9. The maximum absolute atomic E-state index is 12.4. The Labute approximate surface area is 334 Å². The highest BCUT2D eigenvalue weighted by Gasteiger charge is 2.54. The van der Waals surface area contributed by atoms with E-state index in [0.717, 1.165) is 23.4 Å². The molecule has 0 aliphatic carbocycles. The monoisotopic (exact) mass is 832 g/mol. The van der Waals surface area contributed by atoms with Crippen molar-refractivity contribution in [3.8, 4) is 0 Å². The zero-order valence-electron chi connectivity index (χ0n) is 31.4. The summed E-state index contributed by atoms with van der Waals surface area (Å²) in [5.41, 5.74) is 3.48. The second kappa shape index (κ2) is 17.3. The van der Waals surface area contributed by atoms with Gasteiger partial charge >= 0.3 is 0 Å². The molecule has 18 nitrogen and oxygen atoms in total. The minimum atomic E-state index is -4.27. The van der Waals surface area contributed by atoms with Crippen molar-refractivity contribution in [2.45, 2.75) is 67.1 Å². The van der Waals surface area contributed by atoms with E-state index in [1.165, 1.54) is 36.9 Å². The van der Waals surface area contributed by atoms with Crippen LogP contribution < -0.4 is 4.57 Å². The van der Waals surface area contributed by atoms with E-state index in [-0.39, 0.29) is 35.7 Å². The molecule has 3 aliphatic heterocycles. The van der Waals surface area contributed by atoms with Gasteiger partial charge in [-0.25, -0.2) is 27.7 Å². The standard InChI is InChI=1S/C19H20N4O5S.C12H13N4O2.C7H8O3S/c1-15-5-7-17(8-6-15)29(24,25)27-11-16-10-26-19(28-16,12-23-14-20-13-22-23)18-4-2-3-9-21-18;1-2-4-15-5-10-6-17-12(18-10,11(15)3-1)7-16-9-13-8-14-16;1-6-2-4-7(5-3-6)11(8,9)10/h2-9,13-14,16H,10-12H2,1H3;1-4,8-10H,5-7H2;2-5H,1H3,(H,8,9,10)/q;+1;/p-1/t16-,19-;;/m1../s1. The number of hydrogen-bond donors (Lipinski definition) is 0. The lowest BCUT2D eigenvalue weighted by Gasteiger charge is -2.28. The average Bonchev–Trinajstić information content (AvgIpc) is 4.05. The van der Waals surface area contributed by atoms with Crippen molar-refractivity contribution in [1.82, 2.24) is 34.5 Å². The van der Waals surface area contributed by atoms with Crippen LogP contribution >= 0.6 is 0 Å². The number of aryl methyl sites for hydroxylation is 2. The number of rotatable bonds is 10. The summed E-state index contributed by atoms with van der Waals surface area (Å²) in [6, 6.07) is 23.7. The fraction of sp³-hybridized carbons (Fsp3) is 0.316. The third kappa shape index (κ3) is 9.68. The second-order valence-electron chi connectivity index (χ2n) is 13.6. The van der Waals surface area contributed by atoms with Crippen LogP contribution in [0.3, 0.4) is 0 Å². The van der Waals surface area contributed by atoms with E-state index in [1.54, 1.807) is 64.6 Å². The van der Waals surface area contributed by atoms with Gasteiger partial charge in [-0.3, -0.25) is 9.17 Å². The predicted octanol–water partition coefficient (Wildman–Crippen LogP) is 2.40. The Hall–Kier alpha value is -5.32. The molecule has 2 aromatic carbocycles. The van der Waals surface area contributed by atoms with Crippen LogP contribution in [0.25, 0.3) is 0 Å². The Morgan fingerprint density at radius 3 is 2.00 bits per heavy atom. The highest BCUT2D eigenvalue weighted by atomic mass is 32.2. The number of benzene rings is 2. The van der Waals surface area contributed by atoms with Crippen molar-refractivity contribution >= 4 is 20.2 Å². The molecule has 20 heteroatoms. The molecular formula is C38H40N8O10S2. The van der Waals surface area contributed by atoms with Crippen LogP contribution in [0.2, 0.25) is 0 Å². The Kier molecular flexibility index (Phi) is 12.2. The summed E-state index contributed by atoms with van der Waals surface area (Å²) in [5.74, 6) is -1.94. The van der Waals surface area contributed by atoms with E-state index in [2.05, 4.69) is 35.9 Å². The maximum atomic E-state index is 12.4. The normalized spacial score (nSPS) is 22.3. The summed E-state index contributed by atoms with van der Waals surface area (Å²) in [6.07, 6.45) is 9.38. The SMILES string of the molecule is Cc1ccc(S(=O)(=O)OC[C@H]2CO[C@@](Cn3cncn3)(c3ccccn3)O2)cc1.Cc1ccc(S(=O)(=O)[O-])cc1.c1cc[n+]2c(c1)C1(Cn3cncn3)OCC(C2)O1. The molecule has 2 saturated heterocycles. The van der Waals surface area contributed by atoms with Crippen LogP contribution in [0, 0.1) is 13.8 Å². The average molecular weight is 833 g/mol. The molecule has 304 valence electrons. The molecule has 2 unspecified atom stereocenters. The fourth-order valence-corrected chi connectivity index (χ4v) is 7.79. The lowest BCUT2D eigenvalue weighted by atomic mass is 10.1. The van der Waals surface area contributed by atoms with E-state index in [1.807, 2.05) is 38.1 Å². The van der Waals surface area contributed by atoms with E-state index < -0.39 is 37.9 Å². The fourth-order valence-electron chi connectivity index (χ4n) is 6.39. The largest absolute Gasteiger partial charge is 0.744 e. The molecule has 0 N–H and O–H groups in total. The Morgan fingerprint density at radius 2 is 1.40 bits per heavy atom. The first-order valence-corrected chi connectivity index (χ1v) is 20.8. The Bertz CT molecular complexity index is 2480. The van der Waals surface area contributed by atoms with Gasteiger partial charge in [0, 0.05) is 18.3 Å². The molecule has 3 aliphatic rings. The molecular weight excluding hydrogens is 793 g/mol. The van der Waals surface area contributed by atoms with Gasteiger partial charge in [0.1, 0.15) is 66.4 Å². The highest BCUT2D eigenvalue weighted by molar-refractivity contribution is 7.86. The minimum absolute atomic E-state index is 0.0978. The van der Waals surface area contributed by atoms with E-state index >= 15 is 0 Å². The van der Waals surface area contributed by atoms with Crippen molar-refractivity contribution < 1.29 is 49.1 Å². The number of nitrogens with zero attached hydrogens (tertiary/aromatic N) is 8. The van der Waals surface area contributed by atoms with Crippen molar-refractivity contribution in [2.24, 2.45) is 0 Å². The summed E-state index contributed by atoms with van der Waals surface area (Å²) >= 11 is 0. The van der Waals surface area contributed by atoms with Gasteiger partial charge in [0.2, 0.25) is 11.5 Å². The Morgan fingerprint density at radius 1 is 0.776 bits per heavy atom. The molecule has 58 heavy (non-hydrogen) atoms. The minimum Gasteiger partial charge on any atom is -0.744 e. The number of pyridine rings is 2. The Balaban J connectivity index is 0.000000149. The van der Waals surface area contributed by atoms with Crippen molar-refractivity contribution in [3.05, 3.63) is 145 Å². The van der Waals surface area contributed by atoms with Gasteiger partial charge in [0.15, 0.2) is 12.7 Å². The number of fused-ring (bicyclic) bond motifs is 4. The summed E-state index contributed by atoms with van der Waals surface area (Å²) in [5, 5.41) is 8.23. The van der Waals surface area contributed by atoms with Gasteiger partial charge in [-0.1, -0.05) is 41.5 Å². The van der Waals surface area contributed by atoms with Crippen LogP contribution in [-0.4, -0.2) is 87.9 Å². The van der Waals surface area contributed by atoms with Crippen LogP contribution in [-0.2, 0) is 74.6 Å². The number of ether oxygens (including phenoxy) is 4. The van der Waals surface area contributed by atoms with Crippen molar-refractivity contribution in [2.75, 3.05) is 19.8 Å². The molecule has 7 heterocycles. The molecule has 4 aromatic heterocycles. The molecule has 0 saturated carbocycles. The number of aromatic nitrogens is 8. The van der Waals surface area contributed by atoms with Gasteiger partial charge < -0.3 is 23.5 Å². The smallest absolute Gasteiger partial charge is 0.297 e. The zero-order valence-corrected chi connectivity index (χ0v) is 33.1. The van der Waals surface area contributed by atoms with Gasteiger partial charge in [-0.15, -0.1) is 0 Å². The molecule has 2 fully saturated rings. The van der Waals surface area contributed by atoms with Crippen molar-refractivity contribution in [1.29, 1.82) is 0 Å². The molecule has 2 bridgehead atoms. The van der Waals surface area contributed by atoms with Crippen LogP contribution in [0.15, 0.2) is 132 Å². The molecule has 0 spiro atoms. The van der Waals surface area contributed by atoms with Gasteiger partial charge in [0.25, 0.3) is 15.9 Å². The summed E-state index contributed by atoms with van der Waals surface area (Å²) in [6.45, 7) is 5.87. The van der Waals surface area contributed by atoms with Gasteiger partial charge in [0.05, 0.1) is 29.6 Å². The van der Waals surface area contributed by atoms with E-state index in [0.29, 0.717) is 18.8 Å². The molecule has 0 radical (unpaired) electrons. The highest BCUT2D eigenvalue weighted by Crippen LogP contribution is 2.37. The summed E-state index contributed by atoms with van der Waals surface area (Å²) in [7, 11) is -8.16. The third-order valence-electron chi connectivity index (χ3n) is 9.21. The van der Waals surface area contributed by atoms with Crippen LogP contribution in [0.5, 0.6) is 0 Å². The quantitative estimate of drug-likeness (QED) is 0.110. The lowest BCUT2D eigenvalue weighted by molar-refractivity contribution is -0.731. The maximum Gasteiger partial charge on any atom is 0.297 e. The van der Waals surface area contributed by atoms with Crippen LogP contribution in [0.4, 0.5) is 0 Å². The van der Waals surface area contributed by atoms with E-state index in [4.69, 9.17) is 23.1 Å². The first-order valence-electron chi connectivity index (χ1n) is 18.0. The van der Waals surface area contributed by atoms with E-state index in [9.17, 15) is 21.4 Å². The van der Waals surface area contributed by atoms with Gasteiger partial charge in [-0.05, 0) is 56.3 Å². The summed E-state index contributed by atoms with van der Waals surface area (Å²) < 4.78 is 90.8. The molecule has 6 aromatic rings. The van der Waals surface area contributed by atoms with Crippen LogP contribution in [0.1, 0.15) is 22.5 Å². The van der Waals surface area contributed by atoms with Crippen molar-refractivity contribution in [3.63, 3.8) is 0 Å². The lowest BCUT2D eigenvalue weighted by Crippen LogP contribution is -2.54. The van der Waals surface area contributed by atoms with Gasteiger partial charge in [-0.2, -0.15) is 23.2 Å². The predicted molar refractivity (Wildman–Crippen MR) is 199 cm³/mol. The molecule has 9 rings (SSSR count). The molecule has 0 amide bonds. The summed E-state index contributed by atoms with van der Waals surface area (Å²) in [4.78, 5) is 12.2. The third-order valence-corrected chi connectivity index (χ3v) is 11.4. The number of hydrogen-bond acceptors (Lipinski definition) is 15. The first-order chi connectivity index (χ1) is 27.8. The topological polar surface area (TPSA) is 216 Å². The molecule has 4 atom stereocenters. The zero-order chi connectivity index (χ0) is 40.8. The second-order valence-corrected chi connectivity index (χ2v) is 16.6.